The van der Waals surface area contributed by atoms with E-state index in [1.54, 1.807) is 24.1 Å². The molecule has 1 aromatic carbocycles. The number of benzene rings is 1. The van der Waals surface area contributed by atoms with Gasteiger partial charge in [-0.1, -0.05) is 19.9 Å². The Bertz CT molecular complexity index is 430. The first-order valence-electron chi connectivity index (χ1n) is 6.96. The van der Waals surface area contributed by atoms with Crippen molar-refractivity contribution in [3.8, 4) is 0 Å². The average molecular weight is 288 g/mol. The van der Waals surface area contributed by atoms with Crippen LogP contribution in [0, 0.1) is 0 Å². The van der Waals surface area contributed by atoms with Gasteiger partial charge in [0.15, 0.2) is 0 Å². The zero-order valence-electron chi connectivity index (χ0n) is 12.3. The molecule has 1 rings (SSSR count). The minimum atomic E-state index is -4.34. The van der Waals surface area contributed by atoms with Crippen molar-refractivity contribution in [1.29, 1.82) is 0 Å². The largest absolute Gasteiger partial charge is 0.418 e. The summed E-state index contributed by atoms with van der Waals surface area (Å²) in [6.07, 6.45) is -2.32. The van der Waals surface area contributed by atoms with Crippen LogP contribution in [0.2, 0.25) is 0 Å². The van der Waals surface area contributed by atoms with E-state index in [2.05, 4.69) is 0 Å². The third-order valence-corrected chi connectivity index (χ3v) is 3.36. The van der Waals surface area contributed by atoms with Crippen molar-refractivity contribution < 1.29 is 13.2 Å². The summed E-state index contributed by atoms with van der Waals surface area (Å²) >= 11 is 0. The maximum atomic E-state index is 13.2. The van der Waals surface area contributed by atoms with Gasteiger partial charge in [-0.15, -0.1) is 0 Å². The van der Waals surface area contributed by atoms with Crippen LogP contribution in [-0.2, 0) is 12.6 Å². The van der Waals surface area contributed by atoms with Crippen LogP contribution in [0.4, 0.5) is 18.9 Å². The van der Waals surface area contributed by atoms with E-state index in [9.17, 15) is 13.2 Å². The zero-order valence-corrected chi connectivity index (χ0v) is 12.3. The summed E-state index contributed by atoms with van der Waals surface area (Å²) in [5, 5.41) is 0. The van der Waals surface area contributed by atoms with E-state index in [0.29, 0.717) is 18.5 Å². The molecule has 1 aromatic rings. The fourth-order valence-electron chi connectivity index (χ4n) is 2.17. The zero-order chi connectivity index (χ0) is 15.3. The molecule has 0 amide bonds. The van der Waals surface area contributed by atoms with Crippen LogP contribution in [0.5, 0.6) is 0 Å². The molecular weight excluding hydrogens is 265 g/mol. The highest BCUT2D eigenvalue weighted by Crippen LogP contribution is 2.37. The molecule has 1 unspecified atom stereocenters. The molecule has 0 saturated carbocycles. The molecule has 0 bridgehead atoms. The van der Waals surface area contributed by atoms with Crippen molar-refractivity contribution in [3.05, 3.63) is 29.3 Å². The van der Waals surface area contributed by atoms with Gasteiger partial charge in [0.2, 0.25) is 0 Å². The number of nitrogens with zero attached hydrogens (tertiary/aromatic N) is 1. The maximum Gasteiger partial charge on any atom is 0.418 e. The van der Waals surface area contributed by atoms with Gasteiger partial charge in [-0.3, -0.25) is 0 Å². The van der Waals surface area contributed by atoms with E-state index < -0.39 is 11.7 Å². The molecule has 0 aliphatic carbocycles. The van der Waals surface area contributed by atoms with E-state index >= 15 is 0 Å². The summed E-state index contributed by atoms with van der Waals surface area (Å²) in [6, 6.07) is 4.43. The van der Waals surface area contributed by atoms with E-state index in [1.165, 1.54) is 6.07 Å². The van der Waals surface area contributed by atoms with Crippen molar-refractivity contribution in [3.63, 3.8) is 0 Å². The first-order valence-corrected chi connectivity index (χ1v) is 6.96. The third kappa shape index (κ3) is 4.40. The summed E-state index contributed by atoms with van der Waals surface area (Å²) in [4.78, 5) is 1.65. The Hall–Kier alpha value is -1.23. The van der Waals surface area contributed by atoms with Crippen molar-refractivity contribution >= 4 is 5.69 Å². The van der Waals surface area contributed by atoms with Crippen molar-refractivity contribution in [2.45, 2.75) is 45.3 Å². The molecule has 0 saturated heterocycles. The molecule has 0 fully saturated rings. The fraction of sp³-hybridized carbons (Fsp3) is 0.600. The Kier molecular flexibility index (Phi) is 5.87. The number of nitrogens with two attached hydrogens (primary N) is 1. The van der Waals surface area contributed by atoms with Gasteiger partial charge in [0.1, 0.15) is 0 Å². The minimum Gasteiger partial charge on any atom is -0.374 e. The van der Waals surface area contributed by atoms with Crippen LogP contribution in [-0.4, -0.2) is 19.6 Å². The first-order chi connectivity index (χ1) is 9.29. The molecule has 0 spiro atoms. The van der Waals surface area contributed by atoms with E-state index in [-0.39, 0.29) is 11.7 Å². The SMILES string of the molecule is CCCN(C)c1ccc(CC(N)CC)cc1C(F)(F)F. The Morgan fingerprint density at radius 3 is 2.40 bits per heavy atom. The fourth-order valence-corrected chi connectivity index (χ4v) is 2.17. The highest BCUT2D eigenvalue weighted by atomic mass is 19.4. The van der Waals surface area contributed by atoms with Gasteiger partial charge < -0.3 is 10.6 Å². The number of halogens is 3. The van der Waals surface area contributed by atoms with Gasteiger partial charge in [0.25, 0.3) is 0 Å². The van der Waals surface area contributed by atoms with Crippen LogP contribution in [0.3, 0.4) is 0 Å². The average Bonchev–Trinajstić information content (AvgIpc) is 2.37. The molecule has 1 atom stereocenters. The summed E-state index contributed by atoms with van der Waals surface area (Å²) in [6.45, 7) is 4.47. The lowest BCUT2D eigenvalue weighted by molar-refractivity contribution is -0.137. The summed E-state index contributed by atoms with van der Waals surface area (Å²) < 4.78 is 39.6. The van der Waals surface area contributed by atoms with Crippen molar-refractivity contribution in [2.24, 2.45) is 5.73 Å². The van der Waals surface area contributed by atoms with Gasteiger partial charge in [-0.05, 0) is 37.0 Å². The number of hydrogen-bond donors (Lipinski definition) is 1. The van der Waals surface area contributed by atoms with Crippen molar-refractivity contribution in [1.82, 2.24) is 0 Å². The number of alkyl halides is 3. The molecule has 2 N–H and O–H groups in total. The lowest BCUT2D eigenvalue weighted by Gasteiger charge is -2.24. The highest BCUT2D eigenvalue weighted by molar-refractivity contribution is 5.56. The van der Waals surface area contributed by atoms with Crippen molar-refractivity contribution in [2.75, 3.05) is 18.5 Å². The molecule has 5 heteroatoms. The predicted molar refractivity (Wildman–Crippen MR) is 77.0 cm³/mol. The van der Waals surface area contributed by atoms with Gasteiger partial charge >= 0.3 is 6.18 Å². The van der Waals surface area contributed by atoms with Crippen LogP contribution in [0.1, 0.15) is 37.8 Å². The molecule has 2 nitrogen and oxygen atoms in total. The normalized spacial score (nSPS) is 13.3. The monoisotopic (exact) mass is 288 g/mol. The Labute approximate surface area is 118 Å². The van der Waals surface area contributed by atoms with Crippen LogP contribution >= 0.6 is 0 Å². The van der Waals surface area contributed by atoms with E-state index in [1.807, 2.05) is 13.8 Å². The van der Waals surface area contributed by atoms with Gasteiger partial charge in [0.05, 0.1) is 5.56 Å². The third-order valence-electron chi connectivity index (χ3n) is 3.36. The number of anilines is 1. The molecule has 0 radical (unpaired) electrons. The molecule has 0 aromatic heterocycles. The van der Waals surface area contributed by atoms with Gasteiger partial charge in [-0.2, -0.15) is 13.2 Å². The van der Waals surface area contributed by atoms with Gasteiger partial charge in [0, 0.05) is 25.3 Å². The first kappa shape index (κ1) is 16.8. The minimum absolute atomic E-state index is 0.102. The van der Waals surface area contributed by atoms with E-state index in [0.717, 1.165) is 12.8 Å². The molecule has 0 heterocycles. The standard InChI is InChI=1S/C15H23F3N2/c1-4-8-20(3)14-7-6-11(9-12(19)5-2)10-13(14)15(16,17)18/h6-7,10,12H,4-5,8-9,19H2,1-3H3. The van der Waals surface area contributed by atoms with Gasteiger partial charge in [-0.25, -0.2) is 0 Å². The summed E-state index contributed by atoms with van der Waals surface area (Å²) in [5.74, 6) is 0. The Morgan fingerprint density at radius 2 is 1.90 bits per heavy atom. The second-order valence-corrected chi connectivity index (χ2v) is 5.14. The Morgan fingerprint density at radius 1 is 1.25 bits per heavy atom. The summed E-state index contributed by atoms with van der Waals surface area (Å²) in [7, 11) is 1.69. The quantitative estimate of drug-likeness (QED) is 0.862. The molecule has 0 aliphatic rings. The van der Waals surface area contributed by atoms with Crippen LogP contribution < -0.4 is 10.6 Å². The molecule has 0 aliphatic heterocycles. The molecule has 114 valence electrons. The lowest BCUT2D eigenvalue weighted by atomic mass is 10.0. The Balaban J connectivity index is 3.13. The second-order valence-electron chi connectivity index (χ2n) is 5.14. The second kappa shape index (κ2) is 6.97. The summed E-state index contributed by atoms with van der Waals surface area (Å²) in [5.41, 5.74) is 6.11. The predicted octanol–water partition coefficient (Wildman–Crippen LogP) is 3.83. The smallest absolute Gasteiger partial charge is 0.374 e. The molecule has 20 heavy (non-hydrogen) atoms. The maximum absolute atomic E-state index is 13.2. The van der Waals surface area contributed by atoms with Crippen LogP contribution in [0.15, 0.2) is 18.2 Å². The lowest BCUT2D eigenvalue weighted by Crippen LogP contribution is -2.24. The topological polar surface area (TPSA) is 29.3 Å². The van der Waals surface area contributed by atoms with E-state index in [4.69, 9.17) is 5.73 Å². The highest BCUT2D eigenvalue weighted by Gasteiger charge is 2.34. The molecular formula is C15H23F3N2. The number of hydrogen-bond acceptors (Lipinski definition) is 2. The number of rotatable bonds is 6. The van der Waals surface area contributed by atoms with Crippen LogP contribution in [0.25, 0.3) is 0 Å².